The first kappa shape index (κ1) is 17.7. The average Bonchev–Trinajstić information content (AvgIpc) is 2.35. The van der Waals surface area contributed by atoms with Crippen molar-refractivity contribution < 1.29 is 4.79 Å². The lowest BCUT2D eigenvalue weighted by molar-refractivity contribution is -0.123. The average molecular weight is 277 g/mol. The summed E-state index contributed by atoms with van der Waals surface area (Å²) in [6.45, 7) is 6.48. The van der Waals surface area contributed by atoms with Crippen LogP contribution in [0.25, 0.3) is 0 Å². The fraction of sp³-hybridized carbons (Fsp3) is 0.929. The van der Waals surface area contributed by atoms with Gasteiger partial charge in [-0.3, -0.25) is 4.79 Å². The molecule has 1 unspecified atom stereocenters. The van der Waals surface area contributed by atoms with E-state index in [0.29, 0.717) is 12.0 Å². The number of amides is 1. The van der Waals surface area contributed by atoms with Gasteiger partial charge in [-0.15, -0.1) is 12.4 Å². The summed E-state index contributed by atoms with van der Waals surface area (Å²) in [5, 5.41) is 6.50. The number of hydrogen-bond donors (Lipinski definition) is 2. The minimum absolute atomic E-state index is 0. The number of carbonyl (C=O) groups excluding carboxylic acids is 1. The van der Waals surface area contributed by atoms with Gasteiger partial charge in [0.2, 0.25) is 5.91 Å². The van der Waals surface area contributed by atoms with Crippen LogP contribution in [0, 0.1) is 5.92 Å². The molecule has 1 heterocycles. The van der Waals surface area contributed by atoms with Crippen molar-refractivity contribution in [2.24, 2.45) is 5.92 Å². The van der Waals surface area contributed by atoms with Gasteiger partial charge in [-0.2, -0.15) is 0 Å². The van der Waals surface area contributed by atoms with E-state index in [1.54, 1.807) is 0 Å². The Hall–Kier alpha value is -0.280. The first-order valence-corrected chi connectivity index (χ1v) is 7.26. The molecule has 0 saturated carbocycles. The Balaban J connectivity index is 0.00000289. The van der Waals surface area contributed by atoms with Gasteiger partial charge in [-0.25, -0.2) is 0 Å². The Labute approximate surface area is 118 Å². The number of piperidine rings is 1. The lowest BCUT2D eigenvalue weighted by Gasteiger charge is -2.24. The van der Waals surface area contributed by atoms with Crippen LogP contribution in [0.4, 0.5) is 0 Å². The van der Waals surface area contributed by atoms with Crippen LogP contribution in [-0.2, 0) is 4.79 Å². The van der Waals surface area contributed by atoms with Crippen molar-refractivity contribution in [2.45, 2.75) is 64.8 Å². The van der Waals surface area contributed by atoms with Crippen molar-refractivity contribution in [3.63, 3.8) is 0 Å². The van der Waals surface area contributed by atoms with E-state index in [2.05, 4.69) is 24.5 Å². The fourth-order valence-electron chi connectivity index (χ4n) is 2.46. The van der Waals surface area contributed by atoms with Crippen molar-refractivity contribution in [1.82, 2.24) is 10.6 Å². The third-order valence-electron chi connectivity index (χ3n) is 3.72. The number of halogens is 1. The first-order valence-electron chi connectivity index (χ1n) is 7.26. The van der Waals surface area contributed by atoms with Gasteiger partial charge in [-0.05, 0) is 38.3 Å². The van der Waals surface area contributed by atoms with Gasteiger partial charge in [-0.1, -0.05) is 33.1 Å². The highest BCUT2D eigenvalue weighted by Crippen LogP contribution is 2.16. The number of nitrogens with one attached hydrogen (secondary N) is 2. The molecule has 0 bridgehead atoms. The molecule has 2 N–H and O–H groups in total. The number of hydrogen-bond acceptors (Lipinski definition) is 2. The molecule has 1 aliphatic rings. The maximum Gasteiger partial charge on any atom is 0.220 e. The highest BCUT2D eigenvalue weighted by atomic mass is 35.5. The summed E-state index contributed by atoms with van der Waals surface area (Å²) in [6, 6.07) is 0.410. The van der Waals surface area contributed by atoms with Gasteiger partial charge in [0.15, 0.2) is 0 Å². The largest absolute Gasteiger partial charge is 0.353 e. The third kappa shape index (κ3) is 7.22. The summed E-state index contributed by atoms with van der Waals surface area (Å²) in [5.41, 5.74) is 0. The van der Waals surface area contributed by atoms with Crippen LogP contribution < -0.4 is 10.6 Å². The van der Waals surface area contributed by atoms with E-state index in [4.69, 9.17) is 0 Å². The van der Waals surface area contributed by atoms with Crippen LogP contribution in [0.3, 0.4) is 0 Å². The zero-order chi connectivity index (χ0) is 12.5. The summed E-state index contributed by atoms with van der Waals surface area (Å²) in [6.07, 6.45) is 7.69. The Morgan fingerprint density at radius 2 is 2.00 bits per heavy atom. The summed E-state index contributed by atoms with van der Waals surface area (Å²) in [4.78, 5) is 11.9. The van der Waals surface area contributed by atoms with E-state index in [0.717, 1.165) is 38.8 Å². The monoisotopic (exact) mass is 276 g/mol. The SMILES string of the molecule is CCCCC(CC)CC(=O)NC1CCNCC1.Cl. The summed E-state index contributed by atoms with van der Waals surface area (Å²) in [7, 11) is 0. The van der Waals surface area contributed by atoms with Crippen molar-refractivity contribution in [2.75, 3.05) is 13.1 Å². The smallest absolute Gasteiger partial charge is 0.220 e. The molecule has 0 aromatic rings. The lowest BCUT2D eigenvalue weighted by atomic mass is 9.95. The molecule has 1 aliphatic heterocycles. The Kier molecular flexibility index (Phi) is 10.5. The molecule has 0 aromatic heterocycles. The minimum atomic E-state index is 0. The van der Waals surface area contributed by atoms with E-state index in [-0.39, 0.29) is 18.3 Å². The molecule has 1 rings (SSSR count). The molecule has 1 atom stereocenters. The Morgan fingerprint density at radius 1 is 1.33 bits per heavy atom. The molecule has 0 radical (unpaired) electrons. The molecule has 0 spiro atoms. The maximum absolute atomic E-state index is 11.9. The van der Waals surface area contributed by atoms with Crippen molar-refractivity contribution >= 4 is 18.3 Å². The molecule has 3 nitrogen and oxygen atoms in total. The Bertz CT molecular complexity index is 218. The van der Waals surface area contributed by atoms with Crippen LogP contribution in [0.1, 0.15) is 58.8 Å². The van der Waals surface area contributed by atoms with Crippen LogP contribution in [0.15, 0.2) is 0 Å². The second kappa shape index (κ2) is 10.6. The lowest BCUT2D eigenvalue weighted by Crippen LogP contribution is -2.43. The maximum atomic E-state index is 11.9. The molecule has 0 aromatic carbocycles. The van der Waals surface area contributed by atoms with Gasteiger partial charge < -0.3 is 10.6 Å². The predicted molar refractivity (Wildman–Crippen MR) is 79.2 cm³/mol. The van der Waals surface area contributed by atoms with Crippen molar-refractivity contribution in [3.8, 4) is 0 Å². The second-order valence-corrected chi connectivity index (χ2v) is 5.21. The van der Waals surface area contributed by atoms with Gasteiger partial charge in [0.25, 0.3) is 0 Å². The quantitative estimate of drug-likeness (QED) is 0.751. The molecule has 0 aliphatic carbocycles. The van der Waals surface area contributed by atoms with Crippen LogP contribution >= 0.6 is 12.4 Å². The van der Waals surface area contributed by atoms with E-state index in [1.807, 2.05) is 0 Å². The molecule has 108 valence electrons. The third-order valence-corrected chi connectivity index (χ3v) is 3.72. The van der Waals surface area contributed by atoms with Crippen LogP contribution in [-0.4, -0.2) is 25.0 Å². The summed E-state index contributed by atoms with van der Waals surface area (Å²) < 4.78 is 0. The normalized spacial score (nSPS) is 17.9. The number of carbonyl (C=O) groups is 1. The van der Waals surface area contributed by atoms with E-state index in [9.17, 15) is 4.79 Å². The molecular weight excluding hydrogens is 248 g/mol. The number of rotatable bonds is 7. The van der Waals surface area contributed by atoms with Crippen molar-refractivity contribution in [1.29, 1.82) is 0 Å². The van der Waals surface area contributed by atoms with Gasteiger partial charge in [0, 0.05) is 12.5 Å². The highest BCUT2D eigenvalue weighted by Gasteiger charge is 2.17. The van der Waals surface area contributed by atoms with Crippen molar-refractivity contribution in [3.05, 3.63) is 0 Å². The molecule has 1 fully saturated rings. The van der Waals surface area contributed by atoms with E-state index >= 15 is 0 Å². The zero-order valence-corrected chi connectivity index (χ0v) is 12.7. The predicted octanol–water partition coefficient (Wildman–Crippen LogP) is 2.88. The summed E-state index contributed by atoms with van der Waals surface area (Å²) >= 11 is 0. The molecule has 18 heavy (non-hydrogen) atoms. The van der Waals surface area contributed by atoms with Crippen LogP contribution in [0.5, 0.6) is 0 Å². The van der Waals surface area contributed by atoms with E-state index < -0.39 is 0 Å². The molecule has 1 saturated heterocycles. The topological polar surface area (TPSA) is 41.1 Å². The van der Waals surface area contributed by atoms with Crippen LogP contribution in [0.2, 0.25) is 0 Å². The molecule has 1 amide bonds. The molecular formula is C14H29ClN2O. The summed E-state index contributed by atoms with van der Waals surface area (Å²) in [5.74, 6) is 0.844. The fourth-order valence-corrected chi connectivity index (χ4v) is 2.46. The van der Waals surface area contributed by atoms with Gasteiger partial charge >= 0.3 is 0 Å². The van der Waals surface area contributed by atoms with Gasteiger partial charge in [0.05, 0.1) is 0 Å². The standard InChI is InChI=1S/C14H28N2O.ClH/c1-3-5-6-12(4-2)11-14(17)16-13-7-9-15-10-8-13;/h12-13,15H,3-11H2,1-2H3,(H,16,17);1H. The van der Waals surface area contributed by atoms with Gasteiger partial charge in [0.1, 0.15) is 0 Å². The first-order chi connectivity index (χ1) is 8.26. The second-order valence-electron chi connectivity index (χ2n) is 5.21. The zero-order valence-electron chi connectivity index (χ0n) is 11.8. The Morgan fingerprint density at radius 3 is 2.56 bits per heavy atom. The highest BCUT2D eigenvalue weighted by molar-refractivity contribution is 5.85. The number of unbranched alkanes of at least 4 members (excludes halogenated alkanes) is 1. The van der Waals surface area contributed by atoms with E-state index in [1.165, 1.54) is 19.3 Å². The molecule has 4 heteroatoms. The minimum Gasteiger partial charge on any atom is -0.353 e.